The lowest BCUT2D eigenvalue weighted by atomic mass is 10.0. The predicted octanol–water partition coefficient (Wildman–Crippen LogP) is 2.56. The van der Waals surface area contributed by atoms with E-state index in [0.717, 1.165) is 31.5 Å². The third kappa shape index (κ3) is 3.62. The van der Waals surface area contributed by atoms with Crippen LogP contribution in [0.5, 0.6) is 0 Å². The molecule has 3 rings (SSSR count). The Kier molecular flexibility index (Phi) is 4.86. The highest BCUT2D eigenvalue weighted by atomic mass is 16.2. The molecule has 0 unspecified atom stereocenters. The minimum Gasteiger partial charge on any atom is -0.339 e. The van der Waals surface area contributed by atoms with Gasteiger partial charge in [0, 0.05) is 37.1 Å². The molecule has 0 bridgehead atoms. The van der Waals surface area contributed by atoms with Gasteiger partial charge in [-0.05, 0) is 50.9 Å². The first kappa shape index (κ1) is 14.5. The van der Waals surface area contributed by atoms with Gasteiger partial charge < -0.3 is 9.80 Å². The van der Waals surface area contributed by atoms with E-state index in [1.807, 2.05) is 17.0 Å². The molecule has 114 valence electrons. The second kappa shape index (κ2) is 7.03. The van der Waals surface area contributed by atoms with E-state index >= 15 is 0 Å². The fourth-order valence-corrected chi connectivity index (χ4v) is 3.57. The number of pyridine rings is 1. The molecule has 1 amide bonds. The molecule has 0 atom stereocenters. The van der Waals surface area contributed by atoms with Crippen LogP contribution in [0.25, 0.3) is 0 Å². The smallest absolute Gasteiger partial charge is 0.253 e. The maximum absolute atomic E-state index is 12.4. The molecule has 2 saturated heterocycles. The molecule has 4 nitrogen and oxygen atoms in total. The van der Waals surface area contributed by atoms with Crippen molar-refractivity contribution in [3.8, 4) is 0 Å². The van der Waals surface area contributed by atoms with Crippen molar-refractivity contribution in [3.05, 3.63) is 30.1 Å². The third-order valence-corrected chi connectivity index (χ3v) is 4.84. The average Bonchev–Trinajstić information content (AvgIpc) is 2.84. The van der Waals surface area contributed by atoms with E-state index < -0.39 is 0 Å². The lowest BCUT2D eigenvalue weighted by Gasteiger charge is -2.38. The molecule has 2 fully saturated rings. The number of rotatable bonds is 2. The SMILES string of the molecule is O=C(c1ccncc1)N1CCC(N2CCCCCC2)CC1. The van der Waals surface area contributed by atoms with Gasteiger partial charge in [0.15, 0.2) is 0 Å². The Morgan fingerprint density at radius 1 is 0.952 bits per heavy atom. The lowest BCUT2D eigenvalue weighted by Crippen LogP contribution is -2.47. The van der Waals surface area contributed by atoms with Gasteiger partial charge in [0.05, 0.1) is 0 Å². The van der Waals surface area contributed by atoms with Crippen LogP contribution in [-0.4, -0.2) is 52.9 Å². The quantitative estimate of drug-likeness (QED) is 0.839. The molecule has 0 spiro atoms. The Balaban J connectivity index is 1.54. The Morgan fingerprint density at radius 2 is 1.57 bits per heavy atom. The van der Waals surface area contributed by atoms with Gasteiger partial charge in [-0.3, -0.25) is 9.78 Å². The van der Waals surface area contributed by atoms with Crippen LogP contribution in [0.15, 0.2) is 24.5 Å². The van der Waals surface area contributed by atoms with Crippen molar-refractivity contribution in [2.24, 2.45) is 0 Å². The summed E-state index contributed by atoms with van der Waals surface area (Å²) in [4.78, 5) is 21.1. The van der Waals surface area contributed by atoms with Gasteiger partial charge in [0.1, 0.15) is 0 Å². The minimum absolute atomic E-state index is 0.159. The molecule has 1 aromatic heterocycles. The predicted molar refractivity (Wildman–Crippen MR) is 83.2 cm³/mol. The zero-order valence-electron chi connectivity index (χ0n) is 12.7. The molecule has 0 aliphatic carbocycles. The molecule has 0 aromatic carbocycles. The molecular weight excluding hydrogens is 262 g/mol. The number of likely N-dealkylation sites (tertiary alicyclic amines) is 2. The average molecular weight is 287 g/mol. The van der Waals surface area contributed by atoms with Crippen LogP contribution < -0.4 is 0 Å². The van der Waals surface area contributed by atoms with Crippen LogP contribution in [0, 0.1) is 0 Å². The summed E-state index contributed by atoms with van der Waals surface area (Å²) < 4.78 is 0. The second-order valence-corrected chi connectivity index (χ2v) is 6.21. The van der Waals surface area contributed by atoms with Gasteiger partial charge in [-0.25, -0.2) is 0 Å². The molecule has 3 heterocycles. The number of hydrogen-bond acceptors (Lipinski definition) is 3. The molecule has 2 aliphatic rings. The summed E-state index contributed by atoms with van der Waals surface area (Å²) in [6.07, 6.45) is 11.1. The van der Waals surface area contributed by atoms with Crippen molar-refractivity contribution in [2.75, 3.05) is 26.2 Å². The standard InChI is InChI=1S/C17H25N3O/c21-17(15-5-9-18-10-6-15)20-13-7-16(8-14-20)19-11-3-1-2-4-12-19/h5-6,9-10,16H,1-4,7-8,11-14H2. The molecule has 2 aliphatic heterocycles. The molecular formula is C17H25N3O. The molecule has 0 N–H and O–H groups in total. The molecule has 21 heavy (non-hydrogen) atoms. The van der Waals surface area contributed by atoms with Crippen molar-refractivity contribution in [3.63, 3.8) is 0 Å². The number of nitrogens with zero attached hydrogens (tertiary/aromatic N) is 3. The van der Waals surface area contributed by atoms with Crippen LogP contribution in [0.1, 0.15) is 48.9 Å². The summed E-state index contributed by atoms with van der Waals surface area (Å²) in [5, 5.41) is 0. The maximum Gasteiger partial charge on any atom is 0.253 e. The molecule has 0 radical (unpaired) electrons. The first-order valence-corrected chi connectivity index (χ1v) is 8.28. The van der Waals surface area contributed by atoms with E-state index in [-0.39, 0.29) is 5.91 Å². The van der Waals surface area contributed by atoms with Crippen molar-refractivity contribution < 1.29 is 4.79 Å². The number of amides is 1. The highest BCUT2D eigenvalue weighted by Crippen LogP contribution is 2.21. The van der Waals surface area contributed by atoms with E-state index in [1.165, 1.54) is 38.8 Å². The summed E-state index contributed by atoms with van der Waals surface area (Å²) in [6.45, 7) is 4.29. The number of piperidine rings is 1. The van der Waals surface area contributed by atoms with E-state index in [9.17, 15) is 4.79 Å². The van der Waals surface area contributed by atoms with Gasteiger partial charge in [-0.1, -0.05) is 12.8 Å². The zero-order chi connectivity index (χ0) is 14.5. The zero-order valence-corrected chi connectivity index (χ0v) is 12.7. The van der Waals surface area contributed by atoms with Crippen LogP contribution in [0.2, 0.25) is 0 Å². The lowest BCUT2D eigenvalue weighted by molar-refractivity contribution is 0.0623. The van der Waals surface area contributed by atoms with Gasteiger partial charge in [0.25, 0.3) is 5.91 Å². The highest BCUT2D eigenvalue weighted by molar-refractivity contribution is 5.94. The highest BCUT2D eigenvalue weighted by Gasteiger charge is 2.27. The summed E-state index contributed by atoms with van der Waals surface area (Å²) in [5.41, 5.74) is 0.762. The fraction of sp³-hybridized carbons (Fsp3) is 0.647. The first-order valence-electron chi connectivity index (χ1n) is 8.28. The summed E-state index contributed by atoms with van der Waals surface area (Å²) >= 11 is 0. The van der Waals surface area contributed by atoms with E-state index in [0.29, 0.717) is 6.04 Å². The third-order valence-electron chi connectivity index (χ3n) is 4.84. The van der Waals surface area contributed by atoms with Crippen LogP contribution in [0.4, 0.5) is 0 Å². The summed E-state index contributed by atoms with van der Waals surface area (Å²) in [5.74, 6) is 0.159. The Morgan fingerprint density at radius 3 is 2.19 bits per heavy atom. The van der Waals surface area contributed by atoms with Crippen LogP contribution in [-0.2, 0) is 0 Å². The Bertz CT molecular complexity index is 446. The van der Waals surface area contributed by atoms with Crippen molar-refractivity contribution >= 4 is 5.91 Å². The van der Waals surface area contributed by atoms with Gasteiger partial charge >= 0.3 is 0 Å². The first-order chi connectivity index (χ1) is 10.3. The maximum atomic E-state index is 12.4. The normalized spacial score (nSPS) is 22.0. The van der Waals surface area contributed by atoms with E-state index in [2.05, 4.69) is 9.88 Å². The number of carbonyl (C=O) groups excluding carboxylic acids is 1. The monoisotopic (exact) mass is 287 g/mol. The number of hydrogen-bond donors (Lipinski definition) is 0. The van der Waals surface area contributed by atoms with Gasteiger partial charge in [-0.2, -0.15) is 0 Å². The minimum atomic E-state index is 0.159. The summed E-state index contributed by atoms with van der Waals surface area (Å²) in [7, 11) is 0. The Labute approximate surface area is 127 Å². The van der Waals surface area contributed by atoms with E-state index in [4.69, 9.17) is 0 Å². The van der Waals surface area contributed by atoms with Gasteiger partial charge in [-0.15, -0.1) is 0 Å². The Hall–Kier alpha value is -1.42. The topological polar surface area (TPSA) is 36.4 Å². The number of aromatic nitrogens is 1. The van der Waals surface area contributed by atoms with Crippen LogP contribution >= 0.6 is 0 Å². The van der Waals surface area contributed by atoms with Crippen molar-refractivity contribution in [2.45, 2.75) is 44.6 Å². The van der Waals surface area contributed by atoms with E-state index in [1.54, 1.807) is 12.4 Å². The molecule has 1 aromatic rings. The molecule has 0 saturated carbocycles. The van der Waals surface area contributed by atoms with Gasteiger partial charge in [0.2, 0.25) is 0 Å². The molecule has 4 heteroatoms. The largest absolute Gasteiger partial charge is 0.339 e. The van der Waals surface area contributed by atoms with Crippen molar-refractivity contribution in [1.82, 2.24) is 14.8 Å². The number of carbonyl (C=O) groups is 1. The second-order valence-electron chi connectivity index (χ2n) is 6.21. The summed E-state index contributed by atoms with van der Waals surface area (Å²) in [6, 6.07) is 4.30. The fourth-order valence-electron chi connectivity index (χ4n) is 3.57. The van der Waals surface area contributed by atoms with Crippen LogP contribution in [0.3, 0.4) is 0 Å². The van der Waals surface area contributed by atoms with Crippen molar-refractivity contribution in [1.29, 1.82) is 0 Å².